The lowest BCUT2D eigenvalue weighted by Crippen LogP contribution is -2.43. The Morgan fingerprint density at radius 2 is 1.95 bits per heavy atom. The van der Waals surface area contributed by atoms with Crippen LogP contribution in [0.4, 0.5) is 10.5 Å². The highest BCUT2D eigenvalue weighted by Crippen LogP contribution is 2.20. The van der Waals surface area contributed by atoms with E-state index in [0.29, 0.717) is 10.7 Å². The minimum Gasteiger partial charge on any atom is -0.480 e. The number of aliphatic carboxylic acids is 1. The molecule has 7 heteroatoms. The van der Waals surface area contributed by atoms with Gasteiger partial charge in [-0.05, 0) is 24.3 Å². The molecule has 102 valence electrons. The van der Waals surface area contributed by atoms with Gasteiger partial charge in [0.25, 0.3) is 0 Å². The minimum absolute atomic E-state index is 0.0103. The minimum atomic E-state index is -1.12. The molecule has 1 fully saturated rings. The molecule has 2 rings (SSSR count). The Bertz CT molecular complexity index is 491. The number of β-amino-alcohol motifs (C(OH)–C–C–N with tert-alkyl or cyclic N) is 1. The van der Waals surface area contributed by atoms with Crippen LogP contribution in [-0.2, 0) is 4.79 Å². The number of likely N-dealkylation sites (tertiary alicyclic amines) is 1. The third kappa shape index (κ3) is 3.15. The largest absolute Gasteiger partial charge is 0.480 e. The number of urea groups is 1. The van der Waals surface area contributed by atoms with Crippen LogP contribution in [0.5, 0.6) is 0 Å². The first-order valence-corrected chi connectivity index (χ1v) is 6.09. The number of benzene rings is 1. The van der Waals surface area contributed by atoms with Crippen molar-refractivity contribution in [2.24, 2.45) is 0 Å². The molecule has 1 heterocycles. The lowest BCUT2D eigenvalue weighted by Gasteiger charge is -2.21. The van der Waals surface area contributed by atoms with Crippen molar-refractivity contribution >= 4 is 29.3 Å². The number of halogens is 1. The van der Waals surface area contributed by atoms with Gasteiger partial charge in [-0.25, -0.2) is 9.59 Å². The van der Waals surface area contributed by atoms with Gasteiger partial charge in [0.05, 0.1) is 6.10 Å². The van der Waals surface area contributed by atoms with Gasteiger partial charge in [-0.3, -0.25) is 0 Å². The number of nitrogens with one attached hydrogen (secondary N) is 1. The summed E-state index contributed by atoms with van der Waals surface area (Å²) in [6, 6.07) is 4.91. The Kier molecular flexibility index (Phi) is 3.92. The van der Waals surface area contributed by atoms with E-state index < -0.39 is 24.1 Å². The summed E-state index contributed by atoms with van der Waals surface area (Å²) < 4.78 is 0. The van der Waals surface area contributed by atoms with Gasteiger partial charge in [-0.1, -0.05) is 11.6 Å². The highest BCUT2D eigenvalue weighted by molar-refractivity contribution is 6.30. The molecule has 1 saturated heterocycles. The van der Waals surface area contributed by atoms with Gasteiger partial charge >= 0.3 is 12.0 Å². The van der Waals surface area contributed by atoms with Crippen LogP contribution >= 0.6 is 11.6 Å². The number of carboxylic acid groups (broad SMARTS) is 1. The Morgan fingerprint density at radius 1 is 1.32 bits per heavy atom. The Morgan fingerprint density at radius 3 is 2.53 bits per heavy atom. The maximum absolute atomic E-state index is 12.0. The number of hydrogen-bond acceptors (Lipinski definition) is 3. The zero-order valence-corrected chi connectivity index (χ0v) is 10.7. The van der Waals surface area contributed by atoms with Gasteiger partial charge in [-0.15, -0.1) is 0 Å². The van der Waals surface area contributed by atoms with E-state index in [1.807, 2.05) is 0 Å². The molecule has 0 spiro atoms. The number of hydrogen-bond donors (Lipinski definition) is 3. The number of nitrogens with zero attached hydrogens (tertiary/aromatic N) is 1. The van der Waals surface area contributed by atoms with Crippen LogP contribution in [0.25, 0.3) is 0 Å². The predicted octanol–water partition coefficient (Wildman–Crippen LogP) is 1.39. The molecule has 2 amide bonds. The van der Waals surface area contributed by atoms with Crippen LogP contribution in [0.15, 0.2) is 24.3 Å². The summed E-state index contributed by atoms with van der Waals surface area (Å²) in [5.74, 6) is -1.12. The summed E-state index contributed by atoms with van der Waals surface area (Å²) in [5.41, 5.74) is 0.514. The zero-order valence-electron chi connectivity index (χ0n) is 9.91. The smallest absolute Gasteiger partial charge is 0.326 e. The highest BCUT2D eigenvalue weighted by atomic mass is 35.5. The molecule has 1 aromatic rings. The summed E-state index contributed by atoms with van der Waals surface area (Å²) in [5, 5.41) is 21.6. The molecule has 19 heavy (non-hydrogen) atoms. The molecule has 0 aromatic heterocycles. The molecule has 6 nitrogen and oxygen atoms in total. The number of aliphatic hydroxyl groups excluding tert-OH is 1. The van der Waals surface area contributed by atoms with Gasteiger partial charge in [-0.2, -0.15) is 0 Å². The fourth-order valence-corrected chi connectivity index (χ4v) is 2.13. The van der Waals surface area contributed by atoms with Crippen molar-refractivity contribution in [1.29, 1.82) is 0 Å². The van der Waals surface area contributed by atoms with Gasteiger partial charge < -0.3 is 20.4 Å². The van der Waals surface area contributed by atoms with Crippen molar-refractivity contribution in [3.63, 3.8) is 0 Å². The number of anilines is 1. The van der Waals surface area contributed by atoms with E-state index in [9.17, 15) is 14.7 Å². The monoisotopic (exact) mass is 284 g/mol. The van der Waals surface area contributed by atoms with Crippen molar-refractivity contribution in [1.82, 2.24) is 4.90 Å². The van der Waals surface area contributed by atoms with Gasteiger partial charge in [0.2, 0.25) is 0 Å². The second kappa shape index (κ2) is 5.46. The summed E-state index contributed by atoms with van der Waals surface area (Å²) in [4.78, 5) is 24.1. The molecular formula is C12H13ClN2O4. The molecule has 2 atom stereocenters. The second-order valence-corrected chi connectivity index (χ2v) is 4.77. The topological polar surface area (TPSA) is 89.9 Å². The first kappa shape index (κ1) is 13.6. The summed E-state index contributed by atoms with van der Waals surface area (Å²) in [6.45, 7) is 0.0103. The molecule has 0 radical (unpaired) electrons. The molecule has 0 saturated carbocycles. The maximum Gasteiger partial charge on any atom is 0.326 e. The molecule has 2 unspecified atom stereocenters. The van der Waals surface area contributed by atoms with Crippen LogP contribution in [0.3, 0.4) is 0 Å². The summed E-state index contributed by atoms with van der Waals surface area (Å²) >= 11 is 5.73. The Labute approximate surface area is 114 Å². The molecule has 1 aromatic carbocycles. The van der Waals surface area contributed by atoms with Crippen molar-refractivity contribution in [3.05, 3.63) is 29.3 Å². The molecular weight excluding hydrogens is 272 g/mol. The normalized spacial score (nSPS) is 22.3. The molecule has 0 aliphatic carbocycles. The number of rotatable bonds is 2. The van der Waals surface area contributed by atoms with Crippen molar-refractivity contribution < 1.29 is 19.8 Å². The number of carboxylic acids is 1. The van der Waals surface area contributed by atoms with E-state index in [4.69, 9.17) is 16.7 Å². The van der Waals surface area contributed by atoms with Gasteiger partial charge in [0.15, 0.2) is 0 Å². The number of carbonyl (C=O) groups is 2. The average molecular weight is 285 g/mol. The van der Waals surface area contributed by atoms with Gasteiger partial charge in [0.1, 0.15) is 6.04 Å². The third-order valence-corrected chi connectivity index (χ3v) is 3.17. The lowest BCUT2D eigenvalue weighted by molar-refractivity contribution is -0.141. The van der Waals surface area contributed by atoms with E-state index in [0.717, 1.165) is 4.90 Å². The number of carbonyl (C=O) groups excluding carboxylic acids is 1. The first-order valence-electron chi connectivity index (χ1n) is 5.71. The van der Waals surface area contributed by atoms with Gasteiger partial charge in [0, 0.05) is 23.7 Å². The number of amides is 2. The Balaban J connectivity index is 2.06. The molecule has 3 N–H and O–H groups in total. The summed E-state index contributed by atoms with van der Waals surface area (Å²) in [6.07, 6.45) is -0.763. The van der Waals surface area contributed by atoms with Crippen LogP contribution in [-0.4, -0.2) is 45.8 Å². The third-order valence-electron chi connectivity index (χ3n) is 2.92. The van der Waals surface area contributed by atoms with Crippen molar-refractivity contribution in [2.45, 2.75) is 18.6 Å². The first-order chi connectivity index (χ1) is 8.97. The average Bonchev–Trinajstić information content (AvgIpc) is 2.74. The molecule has 1 aliphatic heterocycles. The standard InChI is InChI=1S/C12H13ClN2O4/c13-7-1-3-8(4-2-7)14-12(19)15-6-9(16)5-10(15)11(17)18/h1-4,9-10,16H,5-6H2,(H,14,19)(H,17,18). The molecule has 0 bridgehead atoms. The van der Waals surface area contributed by atoms with E-state index in [-0.39, 0.29) is 13.0 Å². The lowest BCUT2D eigenvalue weighted by atomic mass is 10.2. The highest BCUT2D eigenvalue weighted by Gasteiger charge is 2.38. The summed E-state index contributed by atoms with van der Waals surface area (Å²) in [7, 11) is 0. The fourth-order valence-electron chi connectivity index (χ4n) is 2.00. The van der Waals surface area contributed by atoms with E-state index in [2.05, 4.69) is 5.32 Å². The van der Waals surface area contributed by atoms with Crippen molar-refractivity contribution in [2.75, 3.05) is 11.9 Å². The van der Waals surface area contributed by atoms with Crippen LogP contribution in [0, 0.1) is 0 Å². The fraction of sp³-hybridized carbons (Fsp3) is 0.333. The SMILES string of the molecule is O=C(O)C1CC(O)CN1C(=O)Nc1ccc(Cl)cc1. The predicted molar refractivity (Wildman–Crippen MR) is 69.2 cm³/mol. The zero-order chi connectivity index (χ0) is 14.0. The van der Waals surface area contributed by atoms with E-state index >= 15 is 0 Å². The van der Waals surface area contributed by atoms with E-state index in [1.165, 1.54) is 0 Å². The molecule has 1 aliphatic rings. The van der Waals surface area contributed by atoms with Crippen molar-refractivity contribution in [3.8, 4) is 0 Å². The maximum atomic E-state index is 12.0. The van der Waals surface area contributed by atoms with Crippen LogP contribution in [0.1, 0.15) is 6.42 Å². The van der Waals surface area contributed by atoms with Crippen LogP contribution < -0.4 is 5.32 Å². The second-order valence-electron chi connectivity index (χ2n) is 4.33. The number of aliphatic hydroxyl groups is 1. The Hall–Kier alpha value is -1.79. The van der Waals surface area contributed by atoms with Crippen LogP contribution in [0.2, 0.25) is 5.02 Å². The quantitative estimate of drug-likeness (QED) is 0.765. The van der Waals surface area contributed by atoms with E-state index in [1.54, 1.807) is 24.3 Å².